The molecule has 3 heteroatoms. The van der Waals surface area contributed by atoms with E-state index in [1.165, 1.54) is 0 Å². The molecule has 1 aromatic carbocycles. The van der Waals surface area contributed by atoms with Crippen molar-refractivity contribution >= 4 is 11.6 Å². The highest BCUT2D eigenvalue weighted by Crippen LogP contribution is 2.27. The lowest BCUT2D eigenvalue weighted by atomic mass is 10.0. The number of nitrogens with two attached hydrogens (primary N) is 1. The molecule has 2 rings (SSSR count). The van der Waals surface area contributed by atoms with Gasteiger partial charge in [0.1, 0.15) is 0 Å². The second kappa shape index (κ2) is 3.09. The Morgan fingerprint density at radius 1 is 1.38 bits per heavy atom. The summed E-state index contributed by atoms with van der Waals surface area (Å²) in [5.41, 5.74) is 7.59. The number of benzene rings is 1. The highest BCUT2D eigenvalue weighted by atomic mass is 16.1. The zero-order chi connectivity index (χ0) is 9.26. The van der Waals surface area contributed by atoms with Crippen LogP contribution in [0, 0.1) is 0 Å². The highest BCUT2D eigenvalue weighted by molar-refractivity contribution is 5.79. The zero-order valence-electron chi connectivity index (χ0n) is 7.29. The van der Waals surface area contributed by atoms with E-state index in [9.17, 15) is 4.79 Å². The lowest BCUT2D eigenvalue weighted by Gasteiger charge is -2.12. The summed E-state index contributed by atoms with van der Waals surface area (Å²) in [6.07, 6.45) is 1.46. The molecule has 3 nitrogen and oxygen atoms in total. The van der Waals surface area contributed by atoms with Crippen LogP contribution in [0.4, 0.5) is 5.69 Å². The molecule has 1 saturated heterocycles. The Bertz CT molecular complexity index is 335. The van der Waals surface area contributed by atoms with Gasteiger partial charge in [0.15, 0.2) is 0 Å². The van der Waals surface area contributed by atoms with E-state index in [2.05, 4.69) is 5.32 Å². The van der Waals surface area contributed by atoms with Crippen molar-refractivity contribution in [2.45, 2.75) is 18.9 Å². The van der Waals surface area contributed by atoms with Gasteiger partial charge in [0, 0.05) is 12.1 Å². The molecule has 0 unspecified atom stereocenters. The third kappa shape index (κ3) is 1.49. The predicted molar refractivity (Wildman–Crippen MR) is 51.0 cm³/mol. The fourth-order valence-corrected chi connectivity index (χ4v) is 1.68. The van der Waals surface area contributed by atoms with Gasteiger partial charge in [-0.2, -0.15) is 0 Å². The van der Waals surface area contributed by atoms with E-state index in [0.717, 1.165) is 17.7 Å². The summed E-state index contributed by atoms with van der Waals surface area (Å²) in [5, 5.41) is 2.89. The first-order valence-corrected chi connectivity index (χ1v) is 4.41. The number of rotatable bonds is 1. The summed E-state index contributed by atoms with van der Waals surface area (Å²) in [6.45, 7) is 0. The summed E-state index contributed by atoms with van der Waals surface area (Å²) in [4.78, 5) is 11.0. The summed E-state index contributed by atoms with van der Waals surface area (Å²) in [7, 11) is 0. The van der Waals surface area contributed by atoms with Crippen LogP contribution in [0.15, 0.2) is 24.3 Å². The number of hydrogen-bond acceptors (Lipinski definition) is 2. The Balaban J connectivity index is 2.26. The van der Waals surface area contributed by atoms with Crippen molar-refractivity contribution in [3.05, 3.63) is 29.8 Å². The van der Waals surface area contributed by atoms with Crippen LogP contribution in [0.1, 0.15) is 24.4 Å². The van der Waals surface area contributed by atoms with Gasteiger partial charge in [-0.05, 0) is 18.1 Å². The van der Waals surface area contributed by atoms with E-state index in [4.69, 9.17) is 5.73 Å². The molecular formula is C10H12N2O. The van der Waals surface area contributed by atoms with Gasteiger partial charge in [-0.1, -0.05) is 18.2 Å². The molecule has 0 bridgehead atoms. The van der Waals surface area contributed by atoms with Crippen molar-refractivity contribution in [1.29, 1.82) is 0 Å². The van der Waals surface area contributed by atoms with E-state index in [1.54, 1.807) is 0 Å². The predicted octanol–water partition coefficient (Wildman–Crippen LogP) is 1.22. The lowest BCUT2D eigenvalue weighted by Crippen LogP contribution is -2.19. The van der Waals surface area contributed by atoms with Crippen LogP contribution >= 0.6 is 0 Å². The molecule has 68 valence electrons. The average Bonchev–Trinajstić information content (AvgIpc) is 2.53. The van der Waals surface area contributed by atoms with Crippen LogP contribution in [-0.4, -0.2) is 5.91 Å². The molecular weight excluding hydrogens is 164 g/mol. The summed E-state index contributed by atoms with van der Waals surface area (Å²) in [5.74, 6) is 0.119. The van der Waals surface area contributed by atoms with E-state index < -0.39 is 0 Å². The van der Waals surface area contributed by atoms with Crippen LogP contribution in [-0.2, 0) is 4.79 Å². The van der Waals surface area contributed by atoms with Gasteiger partial charge in [0.05, 0.1) is 6.04 Å². The van der Waals surface area contributed by atoms with Crippen LogP contribution in [0.3, 0.4) is 0 Å². The van der Waals surface area contributed by atoms with Crippen LogP contribution in [0.5, 0.6) is 0 Å². The molecule has 1 amide bonds. The summed E-state index contributed by atoms with van der Waals surface area (Å²) in [6, 6.07) is 7.78. The van der Waals surface area contributed by atoms with Gasteiger partial charge in [-0.3, -0.25) is 4.79 Å². The first kappa shape index (κ1) is 8.10. The number of para-hydroxylation sites is 1. The molecule has 0 aromatic heterocycles. The van der Waals surface area contributed by atoms with Crippen LogP contribution < -0.4 is 11.1 Å². The largest absolute Gasteiger partial charge is 0.398 e. The Morgan fingerprint density at radius 2 is 2.15 bits per heavy atom. The fourth-order valence-electron chi connectivity index (χ4n) is 1.68. The molecule has 1 aliphatic heterocycles. The van der Waals surface area contributed by atoms with E-state index in [-0.39, 0.29) is 11.9 Å². The normalized spacial score (nSPS) is 21.5. The third-order valence-electron chi connectivity index (χ3n) is 2.37. The van der Waals surface area contributed by atoms with Crippen LogP contribution in [0.2, 0.25) is 0 Å². The quantitative estimate of drug-likeness (QED) is 0.632. The average molecular weight is 176 g/mol. The van der Waals surface area contributed by atoms with Crippen molar-refractivity contribution in [1.82, 2.24) is 5.32 Å². The number of anilines is 1. The second-order valence-corrected chi connectivity index (χ2v) is 3.29. The smallest absolute Gasteiger partial charge is 0.220 e. The molecule has 0 spiro atoms. The zero-order valence-corrected chi connectivity index (χ0v) is 7.29. The molecule has 3 N–H and O–H groups in total. The van der Waals surface area contributed by atoms with Gasteiger partial charge >= 0.3 is 0 Å². The summed E-state index contributed by atoms with van der Waals surface area (Å²) >= 11 is 0. The Labute approximate surface area is 76.9 Å². The van der Waals surface area contributed by atoms with Crippen LogP contribution in [0.25, 0.3) is 0 Å². The van der Waals surface area contributed by atoms with Gasteiger partial charge in [0.2, 0.25) is 5.91 Å². The molecule has 1 fully saturated rings. The first-order valence-electron chi connectivity index (χ1n) is 4.41. The fraction of sp³-hybridized carbons (Fsp3) is 0.300. The number of nitrogen functional groups attached to an aromatic ring is 1. The second-order valence-electron chi connectivity index (χ2n) is 3.29. The molecule has 1 atom stereocenters. The van der Waals surface area contributed by atoms with E-state index in [0.29, 0.717) is 6.42 Å². The molecule has 13 heavy (non-hydrogen) atoms. The van der Waals surface area contributed by atoms with Gasteiger partial charge in [-0.15, -0.1) is 0 Å². The maximum atomic E-state index is 11.0. The molecule has 1 heterocycles. The third-order valence-corrected chi connectivity index (χ3v) is 2.37. The van der Waals surface area contributed by atoms with Crippen molar-refractivity contribution < 1.29 is 4.79 Å². The molecule has 0 radical (unpaired) electrons. The maximum absolute atomic E-state index is 11.0. The monoisotopic (exact) mass is 176 g/mol. The number of hydrogen-bond donors (Lipinski definition) is 2. The van der Waals surface area contributed by atoms with Crippen molar-refractivity contribution in [3.63, 3.8) is 0 Å². The Hall–Kier alpha value is -1.51. The minimum atomic E-state index is 0.119. The number of carbonyl (C=O) groups is 1. The van der Waals surface area contributed by atoms with Crippen molar-refractivity contribution in [3.8, 4) is 0 Å². The molecule has 1 aliphatic rings. The topological polar surface area (TPSA) is 55.1 Å². The Morgan fingerprint density at radius 3 is 2.77 bits per heavy atom. The minimum Gasteiger partial charge on any atom is -0.398 e. The number of nitrogens with one attached hydrogen (secondary N) is 1. The minimum absolute atomic E-state index is 0.119. The molecule has 1 aromatic rings. The van der Waals surface area contributed by atoms with Crippen molar-refractivity contribution in [2.75, 3.05) is 5.73 Å². The molecule has 0 aliphatic carbocycles. The maximum Gasteiger partial charge on any atom is 0.220 e. The van der Waals surface area contributed by atoms with Gasteiger partial charge in [0.25, 0.3) is 0 Å². The van der Waals surface area contributed by atoms with Gasteiger partial charge in [-0.25, -0.2) is 0 Å². The first-order chi connectivity index (χ1) is 6.27. The van der Waals surface area contributed by atoms with E-state index in [1.807, 2.05) is 24.3 Å². The SMILES string of the molecule is Nc1ccccc1[C@@H]1CCC(=O)N1. The van der Waals surface area contributed by atoms with Gasteiger partial charge < -0.3 is 11.1 Å². The summed E-state index contributed by atoms with van der Waals surface area (Å²) < 4.78 is 0. The standard InChI is InChI=1S/C10H12N2O/c11-8-4-2-1-3-7(8)9-5-6-10(13)12-9/h1-4,9H,5-6,11H2,(H,12,13)/t9-/m0/s1. The highest BCUT2D eigenvalue weighted by Gasteiger charge is 2.23. The lowest BCUT2D eigenvalue weighted by molar-refractivity contribution is -0.119. The number of carbonyl (C=O) groups excluding carboxylic acids is 1. The van der Waals surface area contributed by atoms with E-state index >= 15 is 0 Å². The number of amides is 1. The van der Waals surface area contributed by atoms with Crippen molar-refractivity contribution in [2.24, 2.45) is 0 Å². The Kier molecular flexibility index (Phi) is 1.93. The molecule has 0 saturated carbocycles.